The van der Waals surface area contributed by atoms with Gasteiger partial charge in [0.15, 0.2) is 0 Å². The Kier molecular flexibility index (Phi) is 6.67. The molecule has 1 aliphatic carbocycles. The van der Waals surface area contributed by atoms with E-state index in [1.165, 1.54) is 24.9 Å². The normalized spacial score (nSPS) is 15.9. The van der Waals surface area contributed by atoms with Crippen molar-refractivity contribution in [3.05, 3.63) is 45.8 Å². The van der Waals surface area contributed by atoms with Crippen molar-refractivity contribution < 1.29 is 19.1 Å². The lowest BCUT2D eigenvalue weighted by atomic mass is 10.1. The predicted octanol–water partition coefficient (Wildman–Crippen LogP) is 3.70. The minimum absolute atomic E-state index is 0.0918. The van der Waals surface area contributed by atoms with Crippen molar-refractivity contribution in [2.24, 2.45) is 0 Å². The minimum Gasteiger partial charge on any atom is -0.465 e. The van der Waals surface area contributed by atoms with Gasteiger partial charge in [-0.05, 0) is 62.9 Å². The molecule has 8 heteroatoms. The van der Waals surface area contributed by atoms with Crippen LogP contribution in [0.5, 0.6) is 0 Å². The monoisotopic (exact) mass is 441 g/mol. The van der Waals surface area contributed by atoms with Gasteiger partial charge in [-0.25, -0.2) is 4.79 Å². The van der Waals surface area contributed by atoms with Crippen molar-refractivity contribution in [1.82, 2.24) is 4.90 Å². The lowest BCUT2D eigenvalue weighted by Gasteiger charge is -2.25. The number of carbonyl (C=O) groups is 3. The first-order valence-electron chi connectivity index (χ1n) is 10.7. The molecule has 0 saturated carbocycles. The second kappa shape index (κ2) is 9.62. The molecular weight excluding hydrogens is 414 g/mol. The fourth-order valence-electron chi connectivity index (χ4n) is 4.28. The number of benzene rings is 1. The Balaban J connectivity index is 1.55. The van der Waals surface area contributed by atoms with Crippen LogP contribution in [0.1, 0.15) is 56.8 Å². The quantitative estimate of drug-likeness (QED) is 0.668. The lowest BCUT2D eigenvalue weighted by Crippen LogP contribution is -2.37. The number of hydrogen-bond acceptors (Lipinski definition) is 6. The number of amides is 2. The Hall–Kier alpha value is -2.71. The Morgan fingerprint density at radius 1 is 1.03 bits per heavy atom. The maximum atomic E-state index is 13.3. The SMILES string of the molecule is COC(=O)c1ccccc1NC(=O)c1c(NC(=O)CN2CCCCC2)sc2c1CCC2. The number of likely N-dealkylation sites (tertiary alicyclic amines) is 1. The number of para-hydroxylation sites is 1. The number of fused-ring (bicyclic) bond motifs is 1. The van der Waals surface area contributed by atoms with E-state index in [-0.39, 0.29) is 11.8 Å². The maximum absolute atomic E-state index is 13.3. The van der Waals surface area contributed by atoms with E-state index >= 15 is 0 Å². The molecule has 31 heavy (non-hydrogen) atoms. The fourth-order valence-corrected chi connectivity index (χ4v) is 5.59. The van der Waals surface area contributed by atoms with Gasteiger partial charge in [-0.2, -0.15) is 0 Å². The molecule has 2 N–H and O–H groups in total. The molecular formula is C23H27N3O4S. The summed E-state index contributed by atoms with van der Waals surface area (Å²) in [5, 5.41) is 6.44. The van der Waals surface area contributed by atoms with Gasteiger partial charge in [-0.1, -0.05) is 18.6 Å². The molecule has 164 valence electrons. The van der Waals surface area contributed by atoms with Crippen LogP contribution in [0.2, 0.25) is 0 Å². The van der Waals surface area contributed by atoms with Crippen LogP contribution in [0.15, 0.2) is 24.3 Å². The summed E-state index contributed by atoms with van der Waals surface area (Å²) in [5.74, 6) is -0.920. The average Bonchev–Trinajstić information content (AvgIpc) is 3.35. The smallest absolute Gasteiger partial charge is 0.339 e. The molecule has 7 nitrogen and oxygen atoms in total. The van der Waals surface area contributed by atoms with Gasteiger partial charge in [0.2, 0.25) is 5.91 Å². The number of methoxy groups -OCH3 is 1. The topological polar surface area (TPSA) is 87.7 Å². The van der Waals surface area contributed by atoms with Crippen LogP contribution in [0, 0.1) is 0 Å². The number of hydrogen-bond donors (Lipinski definition) is 2. The number of nitrogens with one attached hydrogen (secondary N) is 2. The van der Waals surface area contributed by atoms with Gasteiger partial charge in [-0.3, -0.25) is 14.5 Å². The van der Waals surface area contributed by atoms with Gasteiger partial charge >= 0.3 is 5.97 Å². The summed E-state index contributed by atoms with van der Waals surface area (Å²) >= 11 is 1.49. The van der Waals surface area contributed by atoms with Crippen LogP contribution in [0.25, 0.3) is 0 Å². The number of aryl methyl sites for hydroxylation is 1. The largest absolute Gasteiger partial charge is 0.465 e. The molecule has 1 aliphatic heterocycles. The fraction of sp³-hybridized carbons (Fsp3) is 0.435. The average molecular weight is 442 g/mol. The molecule has 0 bridgehead atoms. The molecule has 1 saturated heterocycles. The zero-order valence-electron chi connectivity index (χ0n) is 17.7. The maximum Gasteiger partial charge on any atom is 0.339 e. The van der Waals surface area contributed by atoms with Crippen molar-refractivity contribution in [1.29, 1.82) is 0 Å². The first-order chi connectivity index (χ1) is 15.1. The number of ether oxygens (including phenoxy) is 1. The number of thiophene rings is 1. The second-order valence-electron chi connectivity index (χ2n) is 7.94. The number of carbonyl (C=O) groups excluding carboxylic acids is 3. The third-order valence-corrected chi connectivity index (χ3v) is 7.01. The van der Waals surface area contributed by atoms with Gasteiger partial charge in [0, 0.05) is 4.88 Å². The van der Waals surface area contributed by atoms with E-state index < -0.39 is 5.97 Å². The molecule has 1 aromatic heterocycles. The number of nitrogens with zero attached hydrogens (tertiary/aromatic N) is 1. The molecule has 0 atom stereocenters. The van der Waals surface area contributed by atoms with E-state index in [1.54, 1.807) is 24.3 Å². The predicted molar refractivity (Wildman–Crippen MR) is 121 cm³/mol. The van der Waals surface area contributed by atoms with E-state index in [0.717, 1.165) is 55.6 Å². The van der Waals surface area contributed by atoms with Crippen LogP contribution in [-0.2, 0) is 22.4 Å². The van der Waals surface area contributed by atoms with Crippen LogP contribution in [0.3, 0.4) is 0 Å². The van der Waals surface area contributed by atoms with Crippen molar-refractivity contribution in [3.8, 4) is 0 Å². The van der Waals surface area contributed by atoms with Crippen molar-refractivity contribution in [3.63, 3.8) is 0 Å². The molecule has 2 aliphatic rings. The lowest BCUT2D eigenvalue weighted by molar-refractivity contribution is -0.117. The highest BCUT2D eigenvalue weighted by atomic mass is 32.1. The molecule has 0 unspecified atom stereocenters. The third kappa shape index (κ3) is 4.80. The molecule has 2 amide bonds. The van der Waals surface area contributed by atoms with Gasteiger partial charge < -0.3 is 15.4 Å². The first-order valence-corrected chi connectivity index (χ1v) is 11.5. The Bertz CT molecular complexity index is 995. The van der Waals surface area contributed by atoms with Crippen LogP contribution in [0.4, 0.5) is 10.7 Å². The molecule has 4 rings (SSSR count). The standard InChI is InChI=1S/C23H27N3O4S/c1-30-23(29)15-8-3-4-10-17(15)24-21(28)20-16-9-7-11-18(16)31-22(20)25-19(27)14-26-12-5-2-6-13-26/h3-4,8,10H,2,5-7,9,11-14H2,1H3,(H,24,28)(H,25,27). The van der Waals surface area contributed by atoms with E-state index in [1.807, 2.05) is 0 Å². The summed E-state index contributed by atoms with van der Waals surface area (Å²) < 4.78 is 4.82. The summed E-state index contributed by atoms with van der Waals surface area (Å²) in [6.07, 6.45) is 6.19. The minimum atomic E-state index is -0.512. The number of esters is 1. The number of piperidine rings is 1. The Morgan fingerprint density at radius 2 is 1.81 bits per heavy atom. The zero-order valence-corrected chi connectivity index (χ0v) is 18.5. The second-order valence-corrected chi connectivity index (χ2v) is 9.04. The highest BCUT2D eigenvalue weighted by Crippen LogP contribution is 2.39. The summed E-state index contributed by atoms with van der Waals surface area (Å²) in [6, 6.07) is 6.75. The van der Waals surface area contributed by atoms with Crippen molar-refractivity contribution >= 4 is 39.8 Å². The van der Waals surface area contributed by atoms with Crippen LogP contribution in [-0.4, -0.2) is 49.4 Å². The van der Waals surface area contributed by atoms with Crippen molar-refractivity contribution in [2.45, 2.75) is 38.5 Å². The van der Waals surface area contributed by atoms with E-state index in [0.29, 0.717) is 28.4 Å². The highest BCUT2D eigenvalue weighted by molar-refractivity contribution is 7.17. The van der Waals surface area contributed by atoms with Crippen LogP contribution < -0.4 is 10.6 Å². The first kappa shape index (κ1) is 21.5. The molecule has 0 radical (unpaired) electrons. The zero-order chi connectivity index (χ0) is 21.8. The molecule has 2 aromatic rings. The summed E-state index contributed by atoms with van der Waals surface area (Å²) in [7, 11) is 1.31. The third-order valence-electron chi connectivity index (χ3n) is 5.80. The molecule has 0 spiro atoms. The Morgan fingerprint density at radius 3 is 2.58 bits per heavy atom. The summed E-state index contributed by atoms with van der Waals surface area (Å²) in [4.78, 5) is 41.3. The summed E-state index contributed by atoms with van der Waals surface area (Å²) in [5.41, 5.74) is 2.21. The van der Waals surface area contributed by atoms with E-state index in [2.05, 4.69) is 15.5 Å². The molecule has 1 fully saturated rings. The number of rotatable bonds is 6. The van der Waals surface area contributed by atoms with Gasteiger partial charge in [0.25, 0.3) is 5.91 Å². The Labute approximate surface area is 185 Å². The highest BCUT2D eigenvalue weighted by Gasteiger charge is 2.28. The van der Waals surface area contributed by atoms with Gasteiger partial charge in [-0.15, -0.1) is 11.3 Å². The van der Waals surface area contributed by atoms with Gasteiger partial charge in [0.1, 0.15) is 5.00 Å². The molecule has 1 aromatic carbocycles. The van der Waals surface area contributed by atoms with Crippen molar-refractivity contribution in [2.75, 3.05) is 37.4 Å². The van der Waals surface area contributed by atoms with Crippen LogP contribution >= 0.6 is 11.3 Å². The van der Waals surface area contributed by atoms with E-state index in [9.17, 15) is 14.4 Å². The number of anilines is 2. The van der Waals surface area contributed by atoms with Gasteiger partial charge in [0.05, 0.1) is 30.5 Å². The summed E-state index contributed by atoms with van der Waals surface area (Å²) in [6.45, 7) is 2.22. The van der Waals surface area contributed by atoms with E-state index in [4.69, 9.17) is 4.74 Å². The molecule has 2 heterocycles.